The fourth-order valence-corrected chi connectivity index (χ4v) is 4.69. The largest absolute Gasteiger partial charge is 0.454 e. The second-order valence-corrected chi connectivity index (χ2v) is 9.31. The third kappa shape index (κ3) is 6.42. The monoisotopic (exact) mass is 492 g/mol. The second kappa shape index (κ2) is 11.3. The molecule has 0 aliphatic carbocycles. The third-order valence-corrected chi connectivity index (χ3v) is 6.65. The van der Waals surface area contributed by atoms with E-state index < -0.39 is 28.4 Å². The van der Waals surface area contributed by atoms with E-state index in [0.717, 1.165) is 0 Å². The summed E-state index contributed by atoms with van der Waals surface area (Å²) >= 11 is 0. The number of carbonyl (C=O) groups excluding carboxylic acids is 3. The highest BCUT2D eigenvalue weighted by atomic mass is 32.2. The number of anilines is 2. The van der Waals surface area contributed by atoms with Gasteiger partial charge in [-0.15, -0.1) is 6.58 Å². The van der Waals surface area contributed by atoms with Crippen LogP contribution in [0.25, 0.3) is 0 Å². The maximum absolute atomic E-state index is 13.3. The lowest BCUT2D eigenvalue weighted by Crippen LogP contribution is -2.31. The first-order valence-corrected chi connectivity index (χ1v) is 12.0. The minimum absolute atomic E-state index is 0.00787. The van der Waals surface area contributed by atoms with Crippen molar-refractivity contribution < 1.29 is 27.5 Å². The average molecular weight is 493 g/mol. The molecule has 35 heavy (non-hydrogen) atoms. The summed E-state index contributed by atoms with van der Waals surface area (Å²) in [4.78, 5) is 35.9. The molecule has 0 atom stereocenters. The van der Waals surface area contributed by atoms with Crippen molar-refractivity contribution in [3.05, 3.63) is 103 Å². The number of nitrogens with zero attached hydrogens (tertiary/aromatic N) is 1. The molecule has 0 spiro atoms. The van der Waals surface area contributed by atoms with Crippen LogP contribution in [0.15, 0.2) is 96.4 Å². The Bertz CT molecular complexity index is 1340. The van der Waals surface area contributed by atoms with Gasteiger partial charge in [-0.1, -0.05) is 30.3 Å². The van der Waals surface area contributed by atoms with Gasteiger partial charge < -0.3 is 10.1 Å². The summed E-state index contributed by atoms with van der Waals surface area (Å²) in [7, 11) is -4.00. The highest BCUT2D eigenvalue weighted by Crippen LogP contribution is 2.24. The van der Waals surface area contributed by atoms with Crippen LogP contribution in [-0.2, 0) is 19.6 Å². The van der Waals surface area contributed by atoms with Crippen molar-refractivity contribution in [2.24, 2.45) is 0 Å². The van der Waals surface area contributed by atoms with Gasteiger partial charge in [0.05, 0.1) is 22.7 Å². The number of sulfonamides is 1. The summed E-state index contributed by atoms with van der Waals surface area (Å²) in [5, 5.41) is 2.59. The number of para-hydroxylation sites is 1. The summed E-state index contributed by atoms with van der Waals surface area (Å²) in [6.45, 7) is 4.52. The zero-order chi connectivity index (χ0) is 25.4. The molecule has 3 aromatic rings. The molecule has 0 radical (unpaired) electrons. The van der Waals surface area contributed by atoms with Crippen molar-refractivity contribution in [2.45, 2.75) is 11.8 Å². The fourth-order valence-electron chi connectivity index (χ4n) is 3.21. The molecular formula is C26H24N2O6S. The van der Waals surface area contributed by atoms with Gasteiger partial charge in [0.25, 0.3) is 10.0 Å². The Kier molecular flexibility index (Phi) is 8.17. The smallest absolute Gasteiger partial charge is 0.338 e. The summed E-state index contributed by atoms with van der Waals surface area (Å²) in [5.41, 5.74) is 1.28. The maximum atomic E-state index is 13.3. The summed E-state index contributed by atoms with van der Waals surface area (Å²) in [6, 6.07) is 20.1. The second-order valence-electron chi connectivity index (χ2n) is 7.45. The molecule has 0 aromatic heterocycles. The predicted octanol–water partition coefficient (Wildman–Crippen LogP) is 4.07. The normalized spacial score (nSPS) is 10.8. The van der Waals surface area contributed by atoms with Gasteiger partial charge in [0.15, 0.2) is 12.4 Å². The molecule has 0 saturated heterocycles. The molecule has 8 nitrogen and oxygen atoms in total. The molecule has 1 N–H and O–H groups in total. The van der Waals surface area contributed by atoms with E-state index in [2.05, 4.69) is 11.9 Å². The number of carbonyl (C=O) groups is 3. The number of esters is 1. The van der Waals surface area contributed by atoms with Crippen LogP contribution >= 0.6 is 0 Å². The van der Waals surface area contributed by atoms with Crippen LogP contribution in [-0.4, -0.2) is 39.2 Å². The molecule has 0 unspecified atom stereocenters. The Morgan fingerprint density at radius 2 is 1.63 bits per heavy atom. The van der Waals surface area contributed by atoms with Crippen LogP contribution in [0.5, 0.6) is 0 Å². The molecule has 0 aliphatic heterocycles. The van der Waals surface area contributed by atoms with Crippen molar-refractivity contribution in [3.63, 3.8) is 0 Å². The van der Waals surface area contributed by atoms with Gasteiger partial charge in [-0.3, -0.25) is 13.9 Å². The number of hydrogen-bond donors (Lipinski definition) is 1. The minimum atomic E-state index is -4.00. The summed E-state index contributed by atoms with van der Waals surface area (Å²) in [5.74, 6) is -1.52. The summed E-state index contributed by atoms with van der Waals surface area (Å²) < 4.78 is 32.9. The van der Waals surface area contributed by atoms with Gasteiger partial charge in [0.2, 0.25) is 5.91 Å². The summed E-state index contributed by atoms with van der Waals surface area (Å²) in [6.07, 6.45) is 1.47. The number of rotatable bonds is 10. The lowest BCUT2D eigenvalue weighted by atomic mass is 10.1. The quantitative estimate of drug-likeness (QED) is 0.260. The van der Waals surface area contributed by atoms with Crippen LogP contribution < -0.4 is 9.62 Å². The van der Waals surface area contributed by atoms with Crippen molar-refractivity contribution in [2.75, 3.05) is 22.8 Å². The molecule has 1 amide bonds. The Morgan fingerprint density at radius 3 is 2.26 bits per heavy atom. The van der Waals surface area contributed by atoms with E-state index in [9.17, 15) is 22.8 Å². The van der Waals surface area contributed by atoms with E-state index in [1.54, 1.807) is 42.5 Å². The lowest BCUT2D eigenvalue weighted by Gasteiger charge is -2.23. The Balaban J connectivity index is 1.73. The first-order valence-electron chi connectivity index (χ1n) is 10.6. The molecule has 0 heterocycles. The van der Waals surface area contributed by atoms with Crippen molar-refractivity contribution >= 4 is 39.1 Å². The number of ether oxygens (including phenoxy) is 1. The highest BCUT2D eigenvalue weighted by molar-refractivity contribution is 7.92. The van der Waals surface area contributed by atoms with Crippen LogP contribution in [0.1, 0.15) is 27.6 Å². The molecular weight excluding hydrogens is 468 g/mol. The maximum Gasteiger partial charge on any atom is 0.338 e. The number of benzene rings is 3. The van der Waals surface area contributed by atoms with Crippen molar-refractivity contribution in [3.8, 4) is 0 Å². The van der Waals surface area contributed by atoms with E-state index in [1.165, 1.54) is 53.7 Å². The first kappa shape index (κ1) is 25.4. The van der Waals surface area contributed by atoms with Gasteiger partial charge in [-0.25, -0.2) is 13.2 Å². The molecule has 0 saturated carbocycles. The average Bonchev–Trinajstić information content (AvgIpc) is 2.86. The Hall–Kier alpha value is -4.24. The highest BCUT2D eigenvalue weighted by Gasteiger charge is 2.25. The zero-order valence-corrected chi connectivity index (χ0v) is 19.8. The van der Waals surface area contributed by atoms with Crippen molar-refractivity contribution in [1.29, 1.82) is 0 Å². The number of Topliss-reactive ketones (excluding diaryl/α,β-unsaturated/α-hetero) is 1. The van der Waals surface area contributed by atoms with Gasteiger partial charge in [0.1, 0.15) is 0 Å². The molecule has 0 fully saturated rings. The van der Waals surface area contributed by atoms with Gasteiger partial charge in [0, 0.05) is 18.2 Å². The lowest BCUT2D eigenvalue weighted by molar-refractivity contribution is -0.114. The van der Waals surface area contributed by atoms with E-state index in [-0.39, 0.29) is 22.9 Å². The van der Waals surface area contributed by atoms with E-state index >= 15 is 0 Å². The van der Waals surface area contributed by atoms with Crippen LogP contribution in [0.4, 0.5) is 11.4 Å². The number of hydrogen-bond acceptors (Lipinski definition) is 6. The van der Waals surface area contributed by atoms with Crippen LogP contribution in [0.3, 0.4) is 0 Å². The van der Waals surface area contributed by atoms with E-state index in [1.807, 2.05) is 0 Å². The topological polar surface area (TPSA) is 110 Å². The van der Waals surface area contributed by atoms with Gasteiger partial charge >= 0.3 is 5.97 Å². The molecule has 3 rings (SSSR count). The SMILES string of the molecule is C=CCN(c1ccccc1)S(=O)(=O)c1cccc(C(=O)OCC(=O)c2ccc(NC(C)=O)cc2)c1. The molecule has 0 bridgehead atoms. The van der Waals surface area contributed by atoms with Crippen LogP contribution in [0, 0.1) is 0 Å². The standard InChI is InChI=1S/C26H24N2O6S/c1-3-16-28(23-9-5-4-6-10-23)35(32,33)24-11-7-8-21(17-24)26(31)34-18-25(30)20-12-14-22(15-13-20)27-19(2)29/h3-15,17H,1,16,18H2,2H3,(H,27,29). The minimum Gasteiger partial charge on any atom is -0.454 e. The number of ketones is 1. The first-order chi connectivity index (χ1) is 16.7. The fraction of sp³-hybridized carbons (Fsp3) is 0.115. The van der Waals surface area contributed by atoms with Gasteiger partial charge in [-0.2, -0.15) is 0 Å². The third-order valence-electron chi connectivity index (χ3n) is 4.86. The molecule has 9 heteroatoms. The van der Waals surface area contributed by atoms with Gasteiger partial charge in [-0.05, 0) is 54.6 Å². The molecule has 0 aliphatic rings. The number of nitrogens with one attached hydrogen (secondary N) is 1. The number of amides is 1. The van der Waals surface area contributed by atoms with E-state index in [0.29, 0.717) is 16.9 Å². The molecule has 3 aromatic carbocycles. The zero-order valence-electron chi connectivity index (χ0n) is 19.0. The van der Waals surface area contributed by atoms with Crippen LogP contribution in [0.2, 0.25) is 0 Å². The molecule has 180 valence electrons. The predicted molar refractivity (Wildman–Crippen MR) is 133 cm³/mol. The Morgan fingerprint density at radius 1 is 0.943 bits per heavy atom. The van der Waals surface area contributed by atoms with Crippen molar-refractivity contribution in [1.82, 2.24) is 0 Å². The Labute approximate surface area is 203 Å². The van der Waals surface area contributed by atoms with E-state index in [4.69, 9.17) is 4.74 Å².